The Hall–Kier alpha value is -2.65. The minimum atomic E-state index is -0.485. The number of aliphatic imine (C=N–C) groups is 1. The third-order valence-corrected chi connectivity index (χ3v) is 6.16. The summed E-state index contributed by atoms with van der Waals surface area (Å²) in [4.78, 5) is 16.9. The van der Waals surface area contributed by atoms with Gasteiger partial charge >= 0.3 is 5.97 Å². The van der Waals surface area contributed by atoms with Crippen LogP contribution in [0.2, 0.25) is 0 Å². The summed E-state index contributed by atoms with van der Waals surface area (Å²) < 4.78 is 19.2. The van der Waals surface area contributed by atoms with E-state index in [0.717, 1.165) is 30.3 Å². The van der Waals surface area contributed by atoms with Crippen molar-refractivity contribution in [3.05, 3.63) is 96.7 Å². The fourth-order valence-corrected chi connectivity index (χ4v) is 4.53. The molecule has 0 radical (unpaired) electrons. The largest absolute Gasteiger partial charge is 0.490 e. The van der Waals surface area contributed by atoms with E-state index in [1.807, 2.05) is 68.4 Å². The highest BCUT2D eigenvalue weighted by atomic mass is 127. The van der Waals surface area contributed by atoms with Gasteiger partial charge in [-0.15, -0.1) is 0 Å². The van der Waals surface area contributed by atoms with Gasteiger partial charge in [-0.3, -0.25) is 0 Å². The average molecular weight is 618 g/mol. The Bertz CT molecular complexity index is 1270. The van der Waals surface area contributed by atoms with Crippen molar-refractivity contribution in [1.82, 2.24) is 0 Å². The highest BCUT2D eigenvalue weighted by Crippen LogP contribution is 2.38. The molecule has 0 aliphatic carbocycles. The number of benzene rings is 3. The van der Waals surface area contributed by atoms with Crippen molar-refractivity contribution in [3.8, 4) is 11.5 Å². The molecule has 1 aliphatic heterocycles. The van der Waals surface area contributed by atoms with Crippen LogP contribution in [0.25, 0.3) is 6.08 Å². The van der Waals surface area contributed by atoms with Gasteiger partial charge in [0, 0.05) is 9.13 Å². The highest BCUT2D eigenvalue weighted by Gasteiger charge is 2.25. The summed E-state index contributed by atoms with van der Waals surface area (Å²) in [6.45, 7) is 4.75. The van der Waals surface area contributed by atoms with E-state index in [0.29, 0.717) is 30.6 Å². The Labute approximate surface area is 214 Å². The second-order valence-electron chi connectivity index (χ2n) is 7.33. The van der Waals surface area contributed by atoms with Crippen LogP contribution >= 0.6 is 38.5 Å². The van der Waals surface area contributed by atoms with Crippen molar-refractivity contribution in [3.63, 3.8) is 0 Å². The molecule has 0 saturated heterocycles. The smallest absolute Gasteiger partial charge is 0.363 e. The van der Waals surface area contributed by atoms with Crippen LogP contribution in [-0.4, -0.2) is 18.5 Å². The summed E-state index contributed by atoms with van der Waals surface area (Å²) >= 11 is 5.87. The van der Waals surface area contributed by atoms with E-state index in [9.17, 15) is 4.79 Å². The van der Waals surface area contributed by atoms with Gasteiger partial charge < -0.3 is 14.2 Å². The SMILES string of the molecule is CCOc1cc(/C=C2\N=C(c3ccccc3C)OC2=O)cc(Br)c1OCc1cccc(I)c1. The number of nitrogens with zero attached hydrogens (tertiary/aromatic N) is 1. The van der Waals surface area contributed by atoms with E-state index < -0.39 is 5.97 Å². The van der Waals surface area contributed by atoms with Crippen molar-refractivity contribution in [2.24, 2.45) is 4.99 Å². The summed E-state index contributed by atoms with van der Waals surface area (Å²) in [5.74, 6) is 1.02. The third kappa shape index (κ3) is 5.65. The van der Waals surface area contributed by atoms with E-state index in [-0.39, 0.29) is 5.70 Å². The molecule has 1 heterocycles. The second-order valence-corrected chi connectivity index (χ2v) is 9.43. The van der Waals surface area contributed by atoms with Gasteiger partial charge in [0.1, 0.15) is 6.61 Å². The van der Waals surface area contributed by atoms with Gasteiger partial charge in [0.15, 0.2) is 17.2 Å². The minimum absolute atomic E-state index is 0.232. The number of esters is 1. The van der Waals surface area contributed by atoms with Gasteiger partial charge in [-0.2, -0.15) is 0 Å². The number of rotatable bonds is 7. The topological polar surface area (TPSA) is 57.1 Å². The maximum absolute atomic E-state index is 12.4. The molecule has 0 unspecified atom stereocenters. The summed E-state index contributed by atoms with van der Waals surface area (Å²) in [6.07, 6.45) is 1.68. The van der Waals surface area contributed by atoms with Gasteiger partial charge in [-0.05, 0) is 105 Å². The normalized spacial score (nSPS) is 14.2. The predicted molar refractivity (Wildman–Crippen MR) is 141 cm³/mol. The molecule has 5 nitrogen and oxygen atoms in total. The average Bonchev–Trinajstić information content (AvgIpc) is 3.13. The molecule has 0 aromatic heterocycles. The van der Waals surface area contributed by atoms with E-state index in [2.05, 4.69) is 49.6 Å². The molecular weight excluding hydrogens is 597 g/mol. The molecule has 0 spiro atoms. The molecule has 1 aliphatic rings. The Morgan fingerprint density at radius 2 is 1.91 bits per heavy atom. The van der Waals surface area contributed by atoms with Crippen molar-refractivity contribution in [2.45, 2.75) is 20.5 Å². The van der Waals surface area contributed by atoms with Crippen LogP contribution in [0, 0.1) is 10.5 Å². The first kappa shape index (κ1) is 23.5. The van der Waals surface area contributed by atoms with Crippen LogP contribution in [0.5, 0.6) is 11.5 Å². The van der Waals surface area contributed by atoms with Crippen molar-refractivity contribution < 1.29 is 19.0 Å². The number of hydrogen-bond donors (Lipinski definition) is 0. The molecule has 0 bridgehead atoms. The van der Waals surface area contributed by atoms with E-state index in [1.165, 1.54) is 0 Å². The lowest BCUT2D eigenvalue weighted by atomic mass is 10.1. The summed E-state index contributed by atoms with van der Waals surface area (Å²) in [6, 6.07) is 19.5. The highest BCUT2D eigenvalue weighted by molar-refractivity contribution is 14.1. The monoisotopic (exact) mass is 617 g/mol. The molecule has 0 amide bonds. The van der Waals surface area contributed by atoms with Crippen LogP contribution in [0.4, 0.5) is 0 Å². The Kier molecular flexibility index (Phi) is 7.49. The van der Waals surface area contributed by atoms with Crippen molar-refractivity contribution in [1.29, 1.82) is 0 Å². The number of carbonyl (C=O) groups excluding carboxylic acids is 1. The molecule has 0 atom stereocenters. The Morgan fingerprint density at radius 1 is 1.09 bits per heavy atom. The molecule has 0 fully saturated rings. The third-order valence-electron chi connectivity index (χ3n) is 4.90. The summed E-state index contributed by atoms with van der Waals surface area (Å²) in [5, 5.41) is 0. The number of halogens is 2. The molecule has 3 aromatic carbocycles. The number of carbonyl (C=O) groups is 1. The lowest BCUT2D eigenvalue weighted by molar-refractivity contribution is -0.129. The van der Waals surface area contributed by atoms with Gasteiger partial charge in [0.25, 0.3) is 0 Å². The van der Waals surface area contributed by atoms with Gasteiger partial charge in [0.2, 0.25) is 5.90 Å². The molecule has 3 aromatic rings. The molecule has 33 heavy (non-hydrogen) atoms. The predicted octanol–water partition coefficient (Wildman–Crippen LogP) is 6.68. The molecular formula is C26H21BrINO4. The molecule has 168 valence electrons. The maximum Gasteiger partial charge on any atom is 0.363 e. The number of hydrogen-bond acceptors (Lipinski definition) is 5. The summed E-state index contributed by atoms with van der Waals surface area (Å²) in [7, 11) is 0. The van der Waals surface area contributed by atoms with Crippen LogP contribution in [0.1, 0.15) is 29.2 Å². The lowest BCUT2D eigenvalue weighted by Crippen LogP contribution is -2.06. The molecule has 0 N–H and O–H groups in total. The first-order chi connectivity index (χ1) is 15.9. The molecule has 4 rings (SSSR count). The van der Waals surface area contributed by atoms with Crippen molar-refractivity contribution in [2.75, 3.05) is 6.61 Å². The van der Waals surface area contributed by atoms with Crippen LogP contribution in [-0.2, 0) is 16.1 Å². The fourth-order valence-electron chi connectivity index (χ4n) is 3.35. The lowest BCUT2D eigenvalue weighted by Gasteiger charge is -2.15. The van der Waals surface area contributed by atoms with Gasteiger partial charge in [-0.25, -0.2) is 9.79 Å². The van der Waals surface area contributed by atoms with Crippen LogP contribution < -0.4 is 9.47 Å². The zero-order valence-corrected chi connectivity index (χ0v) is 21.8. The number of ether oxygens (including phenoxy) is 3. The second kappa shape index (κ2) is 10.5. The zero-order valence-electron chi connectivity index (χ0n) is 18.1. The maximum atomic E-state index is 12.4. The van der Waals surface area contributed by atoms with Gasteiger partial charge in [-0.1, -0.05) is 30.3 Å². The fraction of sp³-hybridized carbons (Fsp3) is 0.154. The van der Waals surface area contributed by atoms with Crippen LogP contribution in [0.3, 0.4) is 0 Å². The zero-order chi connectivity index (χ0) is 23.4. The minimum Gasteiger partial charge on any atom is -0.490 e. The van der Waals surface area contributed by atoms with E-state index in [1.54, 1.807) is 6.08 Å². The van der Waals surface area contributed by atoms with Gasteiger partial charge in [0.05, 0.1) is 11.1 Å². The number of cyclic esters (lactones) is 1. The standard InChI is InChI=1S/C26H21BrINO4/c1-3-31-23-14-18(12-21(27)24(23)32-15-17-8-6-9-19(28)11-17)13-22-26(30)33-25(29-22)20-10-5-4-7-16(20)2/h4-14H,3,15H2,1-2H3/b22-13-. The quantitative estimate of drug-likeness (QED) is 0.169. The molecule has 7 heteroatoms. The van der Waals surface area contributed by atoms with Crippen molar-refractivity contribution >= 4 is 56.5 Å². The van der Waals surface area contributed by atoms with E-state index >= 15 is 0 Å². The number of aryl methyl sites for hydroxylation is 1. The van der Waals surface area contributed by atoms with E-state index in [4.69, 9.17) is 14.2 Å². The van der Waals surface area contributed by atoms with Crippen LogP contribution in [0.15, 0.2) is 75.8 Å². The first-order valence-electron chi connectivity index (χ1n) is 10.4. The molecule has 0 saturated carbocycles. The Balaban J connectivity index is 1.62. The first-order valence-corrected chi connectivity index (χ1v) is 12.2. The summed E-state index contributed by atoms with van der Waals surface area (Å²) in [5.41, 5.74) is 3.82. The Morgan fingerprint density at radius 3 is 2.67 bits per heavy atom.